The minimum atomic E-state index is -0.208. The summed E-state index contributed by atoms with van der Waals surface area (Å²) in [6.45, 7) is 17.9. The Kier molecular flexibility index (Phi) is 9.83. The number of hydrogen-bond acceptors (Lipinski definition) is 8. The predicted octanol–water partition coefficient (Wildman–Crippen LogP) is 3.18. The highest BCUT2D eigenvalue weighted by Gasteiger charge is 2.35. The molecule has 230 valence electrons. The van der Waals surface area contributed by atoms with Crippen molar-refractivity contribution in [2.45, 2.75) is 51.7 Å². The van der Waals surface area contributed by atoms with Crippen molar-refractivity contribution < 1.29 is 9.53 Å². The summed E-state index contributed by atoms with van der Waals surface area (Å²) >= 11 is 0. The van der Waals surface area contributed by atoms with E-state index in [9.17, 15) is 4.79 Å². The number of rotatable bonds is 9. The molecule has 0 aliphatic carbocycles. The average molecular weight is 587 g/mol. The molecule has 0 saturated carbocycles. The van der Waals surface area contributed by atoms with E-state index in [1.165, 1.54) is 23.2 Å². The van der Waals surface area contributed by atoms with E-state index in [0.29, 0.717) is 51.4 Å². The highest BCUT2D eigenvalue weighted by Crippen LogP contribution is 2.34. The molecule has 0 spiro atoms. The highest BCUT2D eigenvalue weighted by molar-refractivity contribution is 5.88. The lowest BCUT2D eigenvalue weighted by molar-refractivity contribution is -0.128. The maximum absolute atomic E-state index is 13.1. The fraction of sp³-hybridized carbons (Fsp3) is 0.576. The van der Waals surface area contributed by atoms with Crippen LogP contribution in [-0.2, 0) is 17.8 Å². The monoisotopic (exact) mass is 586 g/mol. The third-order valence-corrected chi connectivity index (χ3v) is 9.11. The molecular weight excluding hydrogens is 540 g/mol. The standard InChI is InChI=1S/C33H46N8O2/c1-24-10-7-12-30(25(24)2)39-17-14-28-29(22-39)35-33(43-23-26-11-8-16-38(26)6)36-32(28)40-18-19-41(27(21-40)20-34-3)31(42)13-9-15-37(4)5/h7,9-10,12-13,26-27H,8,11,14-23H2,1-2,4-6H3/b13-9+/t26-,27-/m0/s1. The minimum absolute atomic E-state index is 0.0336. The molecule has 0 radical (unpaired) electrons. The van der Waals surface area contributed by atoms with Gasteiger partial charge in [0.25, 0.3) is 0 Å². The maximum atomic E-state index is 13.1. The Labute approximate surface area is 256 Å². The van der Waals surface area contributed by atoms with Gasteiger partial charge in [-0.3, -0.25) is 4.79 Å². The van der Waals surface area contributed by atoms with Gasteiger partial charge in [0.15, 0.2) is 0 Å². The second-order valence-corrected chi connectivity index (χ2v) is 12.4. The zero-order valence-electron chi connectivity index (χ0n) is 26.4. The lowest BCUT2D eigenvalue weighted by Gasteiger charge is -2.41. The summed E-state index contributed by atoms with van der Waals surface area (Å²) in [7, 11) is 6.10. The molecule has 1 aromatic carbocycles. The number of hydrogen-bond donors (Lipinski definition) is 0. The molecule has 10 nitrogen and oxygen atoms in total. The normalized spacial score (nSPS) is 21.0. The topological polar surface area (TPSA) is 72.6 Å². The second kappa shape index (κ2) is 13.7. The van der Waals surface area contributed by atoms with Crippen LogP contribution in [-0.4, -0.2) is 116 Å². The Morgan fingerprint density at radius 2 is 1.98 bits per heavy atom. The van der Waals surface area contributed by atoms with Gasteiger partial charge in [0, 0.05) is 56.1 Å². The third-order valence-electron chi connectivity index (χ3n) is 9.11. The fourth-order valence-corrected chi connectivity index (χ4v) is 6.42. The number of piperazine rings is 1. The van der Waals surface area contributed by atoms with Crippen LogP contribution >= 0.6 is 0 Å². The van der Waals surface area contributed by atoms with Gasteiger partial charge in [-0.25, -0.2) is 6.57 Å². The number of benzene rings is 1. The molecule has 3 aliphatic heterocycles. The fourth-order valence-electron chi connectivity index (χ4n) is 6.42. The van der Waals surface area contributed by atoms with Crippen molar-refractivity contribution in [1.29, 1.82) is 0 Å². The number of carbonyl (C=O) groups is 1. The number of likely N-dealkylation sites (tertiary alicyclic amines) is 1. The van der Waals surface area contributed by atoms with Gasteiger partial charge in [-0.05, 0) is 78.0 Å². The zero-order chi connectivity index (χ0) is 30.5. The van der Waals surface area contributed by atoms with Gasteiger partial charge in [-0.1, -0.05) is 18.2 Å². The van der Waals surface area contributed by atoms with E-state index in [0.717, 1.165) is 43.0 Å². The molecule has 43 heavy (non-hydrogen) atoms. The average Bonchev–Trinajstić information content (AvgIpc) is 3.41. The van der Waals surface area contributed by atoms with Gasteiger partial charge in [-0.2, -0.15) is 9.97 Å². The first kappa shape index (κ1) is 30.8. The summed E-state index contributed by atoms with van der Waals surface area (Å²) in [5, 5.41) is 0. The summed E-state index contributed by atoms with van der Waals surface area (Å²) in [6.07, 6.45) is 6.65. The van der Waals surface area contributed by atoms with Crippen LogP contribution in [0.1, 0.15) is 35.2 Å². The summed E-state index contributed by atoms with van der Waals surface area (Å²) < 4.78 is 6.30. The van der Waals surface area contributed by atoms with Crippen molar-refractivity contribution in [3.63, 3.8) is 0 Å². The summed E-state index contributed by atoms with van der Waals surface area (Å²) in [5.41, 5.74) is 5.97. The number of anilines is 2. The van der Waals surface area contributed by atoms with E-state index >= 15 is 0 Å². The van der Waals surface area contributed by atoms with E-state index < -0.39 is 0 Å². The molecule has 2 saturated heterocycles. The number of aromatic nitrogens is 2. The van der Waals surface area contributed by atoms with Gasteiger partial charge >= 0.3 is 6.01 Å². The van der Waals surface area contributed by atoms with Gasteiger partial charge in [-0.15, -0.1) is 0 Å². The molecule has 2 atom stereocenters. The second-order valence-electron chi connectivity index (χ2n) is 12.4. The lowest BCUT2D eigenvalue weighted by atomic mass is 10.0. The molecule has 5 rings (SSSR count). The van der Waals surface area contributed by atoms with Crippen molar-refractivity contribution in [1.82, 2.24) is 24.7 Å². The quantitative estimate of drug-likeness (QED) is 0.328. The first-order chi connectivity index (χ1) is 20.7. The first-order valence-electron chi connectivity index (χ1n) is 15.5. The van der Waals surface area contributed by atoms with Crippen LogP contribution in [0.3, 0.4) is 0 Å². The van der Waals surface area contributed by atoms with Crippen LogP contribution in [0.5, 0.6) is 6.01 Å². The van der Waals surface area contributed by atoms with E-state index in [1.807, 2.05) is 30.0 Å². The Morgan fingerprint density at radius 3 is 2.72 bits per heavy atom. The van der Waals surface area contributed by atoms with E-state index in [4.69, 9.17) is 21.3 Å². The molecule has 0 unspecified atom stereocenters. The largest absolute Gasteiger partial charge is 0.462 e. The van der Waals surface area contributed by atoms with Crippen LogP contribution in [0.15, 0.2) is 30.4 Å². The molecule has 0 N–H and O–H groups in total. The molecule has 0 bridgehead atoms. The Balaban J connectivity index is 1.42. The van der Waals surface area contributed by atoms with Crippen molar-refractivity contribution in [2.24, 2.45) is 0 Å². The molecule has 1 aromatic heterocycles. The molecule has 2 fully saturated rings. The van der Waals surface area contributed by atoms with Crippen LogP contribution < -0.4 is 14.5 Å². The molecular formula is C33H46N8O2. The van der Waals surface area contributed by atoms with E-state index in [1.54, 1.807) is 6.08 Å². The number of likely N-dealkylation sites (N-methyl/N-ethyl adjacent to an activating group) is 2. The maximum Gasteiger partial charge on any atom is 0.318 e. The van der Waals surface area contributed by atoms with Crippen molar-refractivity contribution in [3.8, 4) is 6.01 Å². The number of nitrogens with zero attached hydrogens (tertiary/aromatic N) is 8. The summed E-state index contributed by atoms with van der Waals surface area (Å²) in [5.74, 6) is 0.861. The Morgan fingerprint density at radius 1 is 1.14 bits per heavy atom. The van der Waals surface area contributed by atoms with Gasteiger partial charge in [0.1, 0.15) is 18.5 Å². The summed E-state index contributed by atoms with van der Waals surface area (Å²) in [4.78, 5) is 37.7. The Hall–Kier alpha value is -3.68. The molecule has 10 heteroatoms. The molecule has 2 aromatic rings. The molecule has 4 heterocycles. The van der Waals surface area contributed by atoms with Crippen molar-refractivity contribution in [3.05, 3.63) is 64.2 Å². The first-order valence-corrected chi connectivity index (χ1v) is 15.5. The zero-order valence-corrected chi connectivity index (χ0v) is 26.4. The van der Waals surface area contributed by atoms with Gasteiger partial charge in [0.05, 0.1) is 12.2 Å². The van der Waals surface area contributed by atoms with Crippen molar-refractivity contribution >= 4 is 17.4 Å². The number of ether oxygens (including phenoxy) is 1. The summed E-state index contributed by atoms with van der Waals surface area (Å²) in [6, 6.07) is 7.06. The van der Waals surface area contributed by atoms with Crippen LogP contribution in [0.2, 0.25) is 0 Å². The Bertz CT molecular complexity index is 1370. The number of carbonyl (C=O) groups excluding carboxylic acids is 1. The van der Waals surface area contributed by atoms with E-state index in [-0.39, 0.29) is 18.5 Å². The van der Waals surface area contributed by atoms with Crippen LogP contribution in [0.4, 0.5) is 11.5 Å². The smallest absolute Gasteiger partial charge is 0.318 e. The lowest BCUT2D eigenvalue weighted by Crippen LogP contribution is -2.56. The SMILES string of the molecule is [C-]#[N+]C[C@H]1CN(c2nc(OC[C@@H]3CCCN3C)nc3c2CCN(c2cccc(C)c2C)C3)CCN1C(=O)/C=C/CN(C)C. The minimum Gasteiger partial charge on any atom is -0.462 e. The number of aryl methyl sites for hydroxylation is 1. The van der Waals surface area contributed by atoms with Crippen LogP contribution in [0, 0.1) is 20.4 Å². The highest BCUT2D eigenvalue weighted by atomic mass is 16.5. The van der Waals surface area contributed by atoms with Crippen LogP contribution in [0.25, 0.3) is 4.85 Å². The van der Waals surface area contributed by atoms with Crippen molar-refractivity contribution in [2.75, 3.05) is 83.4 Å². The van der Waals surface area contributed by atoms with E-state index in [2.05, 4.69) is 58.6 Å². The third kappa shape index (κ3) is 7.11. The molecule has 1 amide bonds. The number of amides is 1. The van der Waals surface area contributed by atoms with Gasteiger partial charge in [0.2, 0.25) is 12.5 Å². The van der Waals surface area contributed by atoms with Gasteiger partial charge < -0.3 is 34.1 Å². The predicted molar refractivity (Wildman–Crippen MR) is 171 cm³/mol. The number of fused-ring (bicyclic) bond motifs is 1. The molecule has 3 aliphatic rings.